The van der Waals surface area contributed by atoms with Crippen LogP contribution < -0.4 is 59.1 Å². The minimum absolute atomic E-state index is 0. The van der Waals surface area contributed by atoms with E-state index in [1.807, 2.05) is 0 Å². The topological polar surface area (TPSA) is 131 Å². The summed E-state index contributed by atoms with van der Waals surface area (Å²) >= 11 is 0. The molecule has 0 N–H and O–H groups in total. The molecule has 66 valence electrons. The SMILES string of the molecule is O=CC(S(=O)(=O)[O-])S(=O)(=O)[O-].[Na+].[Na+]. The van der Waals surface area contributed by atoms with E-state index in [-0.39, 0.29) is 59.1 Å². The van der Waals surface area contributed by atoms with E-state index < -0.39 is 31.1 Å². The quantitative estimate of drug-likeness (QED) is 0.275. The van der Waals surface area contributed by atoms with Gasteiger partial charge >= 0.3 is 59.1 Å². The van der Waals surface area contributed by atoms with Crippen LogP contribution in [0.15, 0.2) is 0 Å². The van der Waals surface area contributed by atoms with Crippen LogP contribution in [0.3, 0.4) is 0 Å². The van der Waals surface area contributed by atoms with Crippen LogP contribution in [0, 0.1) is 0 Å². The second kappa shape index (κ2) is 6.88. The predicted molar refractivity (Wildman–Crippen MR) is 29.2 cm³/mol. The van der Waals surface area contributed by atoms with Gasteiger partial charge in [-0.15, -0.1) is 0 Å². The molecule has 0 amide bonds. The molecule has 0 aromatic rings. The van der Waals surface area contributed by atoms with Crippen LogP contribution in [0.2, 0.25) is 0 Å². The Morgan fingerprint density at radius 2 is 1.15 bits per heavy atom. The van der Waals surface area contributed by atoms with Crippen LogP contribution in [0.1, 0.15) is 0 Å². The molecule has 0 unspecified atom stereocenters. The van der Waals surface area contributed by atoms with Crippen LogP contribution in [0.5, 0.6) is 0 Å². The van der Waals surface area contributed by atoms with Crippen molar-refractivity contribution in [3.63, 3.8) is 0 Å². The maximum Gasteiger partial charge on any atom is 1.00 e. The van der Waals surface area contributed by atoms with Gasteiger partial charge < -0.3 is 13.9 Å². The average molecular weight is 248 g/mol. The zero-order valence-corrected chi connectivity index (χ0v) is 12.5. The standard InChI is InChI=1S/C2H4O7S2.2Na/c3-1-2(10(4,5)6)11(7,8)9;;/h1-2H,(H,4,5,6)(H,7,8,9);;/q;2*+1/p-2. The van der Waals surface area contributed by atoms with Crippen LogP contribution in [-0.4, -0.2) is 36.8 Å². The van der Waals surface area contributed by atoms with Crippen molar-refractivity contribution in [3.8, 4) is 0 Å². The molecule has 0 saturated heterocycles. The second-order valence-electron chi connectivity index (χ2n) is 1.49. The van der Waals surface area contributed by atoms with E-state index in [1.54, 1.807) is 0 Å². The molecular formula is C2H2Na2O7S2. The second-order valence-corrected chi connectivity index (χ2v) is 4.78. The van der Waals surface area contributed by atoms with Crippen molar-refractivity contribution in [2.24, 2.45) is 0 Å². The molecule has 0 aliphatic rings. The summed E-state index contributed by atoms with van der Waals surface area (Å²) < 4.78 is 56.0. The van der Waals surface area contributed by atoms with Crippen LogP contribution in [0.25, 0.3) is 0 Å². The van der Waals surface area contributed by atoms with Gasteiger partial charge in [0.15, 0.2) is 10.9 Å². The fourth-order valence-electron chi connectivity index (χ4n) is 0.280. The van der Waals surface area contributed by atoms with Crippen LogP contribution in [0.4, 0.5) is 0 Å². The summed E-state index contributed by atoms with van der Waals surface area (Å²) in [6.07, 6.45) is -0.718. The zero-order valence-electron chi connectivity index (χ0n) is 6.83. The van der Waals surface area contributed by atoms with E-state index in [0.717, 1.165) is 0 Å². The van der Waals surface area contributed by atoms with Gasteiger partial charge in [-0.05, 0) is 0 Å². The van der Waals surface area contributed by atoms with Crippen molar-refractivity contribution in [2.45, 2.75) is 4.58 Å². The molecule has 0 fully saturated rings. The van der Waals surface area contributed by atoms with E-state index in [9.17, 15) is 30.7 Å². The van der Waals surface area contributed by atoms with Crippen molar-refractivity contribution < 1.29 is 89.9 Å². The van der Waals surface area contributed by atoms with E-state index in [0.29, 0.717) is 0 Å². The molecule has 0 radical (unpaired) electrons. The molecule has 0 bridgehead atoms. The Labute approximate surface area is 119 Å². The molecule has 0 aromatic heterocycles. The Hall–Kier alpha value is 1.49. The van der Waals surface area contributed by atoms with Gasteiger partial charge in [0.05, 0.1) is 0 Å². The predicted octanol–water partition coefficient (Wildman–Crippen LogP) is -8.39. The van der Waals surface area contributed by atoms with Crippen LogP contribution >= 0.6 is 0 Å². The van der Waals surface area contributed by atoms with Gasteiger partial charge in [0.2, 0.25) is 0 Å². The van der Waals surface area contributed by atoms with Crippen LogP contribution in [-0.2, 0) is 25.0 Å². The first kappa shape index (κ1) is 20.0. The smallest absolute Gasteiger partial charge is 0.747 e. The third-order valence-electron chi connectivity index (χ3n) is 0.680. The van der Waals surface area contributed by atoms with E-state index in [4.69, 9.17) is 0 Å². The molecule has 13 heavy (non-hydrogen) atoms. The van der Waals surface area contributed by atoms with Gasteiger partial charge in [0.25, 0.3) is 0 Å². The minimum atomic E-state index is -5.39. The summed E-state index contributed by atoms with van der Waals surface area (Å²) in [4.78, 5) is 9.64. The number of hydrogen-bond donors (Lipinski definition) is 0. The first-order valence-corrected chi connectivity index (χ1v) is 4.98. The molecule has 7 nitrogen and oxygen atoms in total. The summed E-state index contributed by atoms with van der Waals surface area (Å²) in [6.45, 7) is 0. The molecule has 0 spiro atoms. The summed E-state index contributed by atoms with van der Waals surface area (Å²) in [5.41, 5.74) is 0. The van der Waals surface area contributed by atoms with Gasteiger partial charge in [0.1, 0.15) is 20.2 Å². The fraction of sp³-hybridized carbons (Fsp3) is 0.500. The van der Waals surface area contributed by atoms with E-state index in [1.165, 1.54) is 0 Å². The summed E-state index contributed by atoms with van der Waals surface area (Å²) in [6, 6.07) is 0. The van der Waals surface area contributed by atoms with E-state index >= 15 is 0 Å². The molecule has 0 atom stereocenters. The Morgan fingerprint density at radius 3 is 1.15 bits per heavy atom. The minimum Gasteiger partial charge on any atom is -0.747 e. The maximum absolute atomic E-state index is 9.84. The first-order valence-electron chi connectivity index (χ1n) is 2.04. The molecule has 0 rings (SSSR count). The average Bonchev–Trinajstić information content (AvgIpc) is 1.56. The van der Waals surface area contributed by atoms with Crippen molar-refractivity contribution >= 4 is 26.5 Å². The van der Waals surface area contributed by atoms with Gasteiger partial charge in [-0.2, -0.15) is 0 Å². The Morgan fingerprint density at radius 1 is 0.923 bits per heavy atom. The Balaban J connectivity index is -0.000000500. The number of carbonyl (C=O) groups is 1. The van der Waals surface area contributed by atoms with E-state index in [2.05, 4.69) is 0 Å². The zero-order chi connectivity index (χ0) is 9.28. The first-order chi connectivity index (χ1) is 4.69. The number of rotatable bonds is 3. The molecular weight excluding hydrogens is 246 g/mol. The molecule has 0 aromatic carbocycles. The van der Waals surface area contributed by atoms with Gasteiger partial charge in [-0.3, -0.25) is 0 Å². The summed E-state index contributed by atoms with van der Waals surface area (Å²) in [5.74, 6) is 0. The number of hydrogen-bond acceptors (Lipinski definition) is 7. The number of aldehydes is 1. The van der Waals surface area contributed by atoms with Crippen molar-refractivity contribution in [3.05, 3.63) is 0 Å². The Kier molecular flexibility index (Phi) is 10.6. The molecule has 11 heteroatoms. The molecule has 0 heterocycles. The largest absolute Gasteiger partial charge is 1.00 e. The third kappa shape index (κ3) is 7.42. The summed E-state index contributed by atoms with van der Waals surface area (Å²) in [7, 11) is -10.8. The molecule has 0 saturated carbocycles. The molecule has 0 aliphatic carbocycles. The van der Waals surface area contributed by atoms with Gasteiger partial charge in [-0.25, -0.2) is 16.8 Å². The Bertz CT molecular complexity index is 309. The molecule has 0 aliphatic heterocycles. The number of carbonyl (C=O) groups excluding carboxylic acids is 1. The fourth-order valence-corrected chi connectivity index (χ4v) is 1.71. The monoisotopic (exact) mass is 248 g/mol. The van der Waals surface area contributed by atoms with Crippen molar-refractivity contribution in [2.75, 3.05) is 0 Å². The van der Waals surface area contributed by atoms with Gasteiger partial charge in [0, 0.05) is 0 Å². The van der Waals surface area contributed by atoms with Crippen molar-refractivity contribution in [1.29, 1.82) is 0 Å². The normalized spacial score (nSPS) is 11.3. The summed E-state index contributed by atoms with van der Waals surface area (Å²) in [5, 5.41) is 0. The maximum atomic E-state index is 9.84. The third-order valence-corrected chi connectivity index (χ3v) is 3.45. The van der Waals surface area contributed by atoms with Gasteiger partial charge in [-0.1, -0.05) is 0 Å². The van der Waals surface area contributed by atoms with Crippen molar-refractivity contribution in [1.82, 2.24) is 0 Å².